The van der Waals surface area contributed by atoms with E-state index in [0.29, 0.717) is 6.54 Å². The van der Waals surface area contributed by atoms with Crippen molar-refractivity contribution in [1.29, 1.82) is 0 Å². The Bertz CT molecular complexity index is 251. The molecule has 1 aliphatic rings. The predicted octanol–water partition coefficient (Wildman–Crippen LogP) is 0.0306. The summed E-state index contributed by atoms with van der Waals surface area (Å²) < 4.78 is 5.47. The monoisotopic (exact) mass is 244 g/mol. The van der Waals surface area contributed by atoms with Gasteiger partial charge in [0, 0.05) is 13.1 Å². The van der Waals surface area contributed by atoms with E-state index >= 15 is 0 Å². The van der Waals surface area contributed by atoms with Crippen molar-refractivity contribution in [3.05, 3.63) is 0 Å². The molecule has 100 valence electrons. The van der Waals surface area contributed by atoms with Crippen LogP contribution in [0.5, 0.6) is 0 Å². The number of ether oxygens (including phenoxy) is 1. The van der Waals surface area contributed by atoms with E-state index in [1.54, 1.807) is 0 Å². The van der Waals surface area contributed by atoms with E-state index in [9.17, 15) is 9.90 Å². The van der Waals surface area contributed by atoms with Gasteiger partial charge in [0.2, 0.25) is 5.91 Å². The fourth-order valence-electron chi connectivity index (χ4n) is 1.65. The van der Waals surface area contributed by atoms with Crippen LogP contribution in [0, 0.1) is 0 Å². The summed E-state index contributed by atoms with van der Waals surface area (Å²) in [4.78, 5) is 11.4. The summed E-state index contributed by atoms with van der Waals surface area (Å²) >= 11 is 0. The van der Waals surface area contributed by atoms with Gasteiger partial charge in [0.05, 0.1) is 24.4 Å². The lowest BCUT2D eigenvalue weighted by Gasteiger charge is -2.25. The molecule has 1 heterocycles. The fraction of sp³-hybridized carbons (Fsp3) is 0.917. The van der Waals surface area contributed by atoms with Gasteiger partial charge < -0.3 is 20.5 Å². The third-order valence-corrected chi connectivity index (χ3v) is 2.59. The van der Waals surface area contributed by atoms with Crippen LogP contribution in [-0.2, 0) is 9.53 Å². The first-order valence-corrected chi connectivity index (χ1v) is 6.21. The molecular formula is C12H24N2O3. The summed E-state index contributed by atoms with van der Waals surface area (Å²) in [5.74, 6) is 0.0280. The quantitative estimate of drug-likeness (QED) is 0.638. The highest BCUT2D eigenvalue weighted by atomic mass is 16.5. The van der Waals surface area contributed by atoms with E-state index in [1.165, 1.54) is 0 Å². The topological polar surface area (TPSA) is 70.6 Å². The number of carbonyl (C=O) groups excluding carboxylic acids is 1. The Balaban J connectivity index is 2.18. The maximum atomic E-state index is 11.4. The number of piperidine rings is 1. The summed E-state index contributed by atoms with van der Waals surface area (Å²) in [5, 5.41) is 15.6. The van der Waals surface area contributed by atoms with Gasteiger partial charge in [-0.3, -0.25) is 4.79 Å². The third-order valence-electron chi connectivity index (χ3n) is 2.59. The Morgan fingerprint density at radius 1 is 1.59 bits per heavy atom. The first-order valence-electron chi connectivity index (χ1n) is 6.21. The van der Waals surface area contributed by atoms with E-state index in [0.717, 1.165) is 19.4 Å². The second kappa shape index (κ2) is 6.33. The van der Waals surface area contributed by atoms with Crippen LogP contribution in [0.4, 0.5) is 0 Å². The number of aliphatic hydroxyl groups is 1. The summed E-state index contributed by atoms with van der Waals surface area (Å²) in [6.45, 7) is 7.26. The lowest BCUT2D eigenvalue weighted by Crippen LogP contribution is -2.50. The van der Waals surface area contributed by atoms with E-state index in [2.05, 4.69) is 10.6 Å². The number of carbonyl (C=O) groups is 1. The molecule has 0 aliphatic carbocycles. The molecule has 0 radical (unpaired) electrons. The molecule has 1 rings (SSSR count). The maximum Gasteiger partial charge on any atom is 0.237 e. The van der Waals surface area contributed by atoms with Gasteiger partial charge in [-0.25, -0.2) is 0 Å². The van der Waals surface area contributed by atoms with Crippen molar-refractivity contribution in [2.75, 3.05) is 19.7 Å². The lowest BCUT2D eigenvalue weighted by atomic mass is 10.1. The van der Waals surface area contributed by atoms with Gasteiger partial charge in [0.25, 0.3) is 0 Å². The van der Waals surface area contributed by atoms with Crippen LogP contribution in [0.3, 0.4) is 0 Å². The minimum absolute atomic E-state index is 0.0280. The van der Waals surface area contributed by atoms with Crippen LogP contribution in [0.1, 0.15) is 33.6 Å². The number of aliphatic hydroxyl groups excluding tert-OH is 1. The average Bonchev–Trinajstić information content (AvgIpc) is 2.24. The van der Waals surface area contributed by atoms with Crippen molar-refractivity contribution in [1.82, 2.24) is 10.6 Å². The highest BCUT2D eigenvalue weighted by Crippen LogP contribution is 2.07. The molecule has 3 N–H and O–H groups in total. The largest absolute Gasteiger partial charge is 0.389 e. The molecule has 2 atom stereocenters. The molecule has 5 heteroatoms. The third kappa shape index (κ3) is 6.00. The van der Waals surface area contributed by atoms with Crippen molar-refractivity contribution in [2.24, 2.45) is 0 Å². The minimum Gasteiger partial charge on any atom is -0.389 e. The van der Waals surface area contributed by atoms with Crippen LogP contribution in [0.25, 0.3) is 0 Å². The normalized spacial score (nSPS) is 23.3. The maximum absolute atomic E-state index is 11.4. The van der Waals surface area contributed by atoms with Crippen molar-refractivity contribution in [3.8, 4) is 0 Å². The molecule has 2 unspecified atom stereocenters. The van der Waals surface area contributed by atoms with Crippen molar-refractivity contribution >= 4 is 5.91 Å². The number of hydrogen-bond donors (Lipinski definition) is 3. The molecule has 1 amide bonds. The average molecular weight is 244 g/mol. The Morgan fingerprint density at radius 3 is 2.88 bits per heavy atom. The molecule has 1 aliphatic heterocycles. The molecule has 0 bridgehead atoms. The van der Waals surface area contributed by atoms with Crippen LogP contribution < -0.4 is 10.6 Å². The zero-order valence-corrected chi connectivity index (χ0v) is 11.0. The van der Waals surface area contributed by atoms with Crippen LogP contribution in [0.15, 0.2) is 0 Å². The Labute approximate surface area is 103 Å². The highest BCUT2D eigenvalue weighted by Gasteiger charge is 2.22. The minimum atomic E-state index is -0.580. The molecule has 0 spiro atoms. The van der Waals surface area contributed by atoms with Crippen molar-refractivity contribution < 1.29 is 14.6 Å². The van der Waals surface area contributed by atoms with Gasteiger partial charge in [-0.1, -0.05) is 0 Å². The predicted molar refractivity (Wildman–Crippen MR) is 65.7 cm³/mol. The summed E-state index contributed by atoms with van der Waals surface area (Å²) in [6, 6.07) is -0.173. The van der Waals surface area contributed by atoms with Gasteiger partial charge in [-0.05, 0) is 33.6 Å². The van der Waals surface area contributed by atoms with Crippen LogP contribution >= 0.6 is 0 Å². The second-order valence-electron chi connectivity index (χ2n) is 5.47. The van der Waals surface area contributed by atoms with E-state index < -0.39 is 6.10 Å². The number of hydrogen-bond acceptors (Lipinski definition) is 4. The first kappa shape index (κ1) is 14.4. The number of amides is 1. The first-order chi connectivity index (χ1) is 7.88. The lowest BCUT2D eigenvalue weighted by molar-refractivity contribution is -0.124. The van der Waals surface area contributed by atoms with E-state index in [4.69, 9.17) is 4.74 Å². The molecule has 0 saturated carbocycles. The second-order valence-corrected chi connectivity index (χ2v) is 5.47. The molecule has 17 heavy (non-hydrogen) atoms. The molecule has 0 aromatic rings. The zero-order valence-electron chi connectivity index (χ0n) is 11.0. The van der Waals surface area contributed by atoms with Gasteiger partial charge in [-0.15, -0.1) is 0 Å². The van der Waals surface area contributed by atoms with Gasteiger partial charge >= 0.3 is 0 Å². The summed E-state index contributed by atoms with van der Waals surface area (Å²) in [6.07, 6.45) is 1.24. The van der Waals surface area contributed by atoms with Crippen LogP contribution in [0.2, 0.25) is 0 Å². The van der Waals surface area contributed by atoms with Gasteiger partial charge in [0.1, 0.15) is 0 Å². The fourth-order valence-corrected chi connectivity index (χ4v) is 1.65. The smallest absolute Gasteiger partial charge is 0.237 e. The molecule has 5 nitrogen and oxygen atoms in total. The molecule has 0 aromatic heterocycles. The SMILES string of the molecule is CC(C)(C)OCC(O)CNC1CCCNC1=O. The summed E-state index contributed by atoms with van der Waals surface area (Å²) in [5.41, 5.74) is -0.247. The van der Waals surface area contributed by atoms with E-state index in [-0.39, 0.29) is 24.2 Å². The number of rotatable bonds is 5. The molecular weight excluding hydrogens is 220 g/mol. The Hall–Kier alpha value is -0.650. The van der Waals surface area contributed by atoms with Crippen molar-refractivity contribution in [2.45, 2.75) is 51.4 Å². The standard InChI is InChI=1S/C12H24N2O3/c1-12(2,3)17-8-9(15)7-14-10-5-4-6-13-11(10)16/h9-10,14-15H,4-8H2,1-3H3,(H,13,16). The van der Waals surface area contributed by atoms with Crippen LogP contribution in [-0.4, -0.2) is 48.5 Å². The Morgan fingerprint density at radius 2 is 2.29 bits per heavy atom. The van der Waals surface area contributed by atoms with Crippen molar-refractivity contribution in [3.63, 3.8) is 0 Å². The molecule has 0 aromatic carbocycles. The molecule has 1 saturated heterocycles. The summed E-state index contributed by atoms with van der Waals surface area (Å²) in [7, 11) is 0. The van der Waals surface area contributed by atoms with Gasteiger partial charge in [0.15, 0.2) is 0 Å². The molecule has 1 fully saturated rings. The van der Waals surface area contributed by atoms with Gasteiger partial charge in [-0.2, -0.15) is 0 Å². The zero-order chi connectivity index (χ0) is 12.9. The van der Waals surface area contributed by atoms with E-state index in [1.807, 2.05) is 20.8 Å². The number of nitrogens with one attached hydrogen (secondary N) is 2. The highest BCUT2D eigenvalue weighted by molar-refractivity contribution is 5.82. The Kier molecular flexibility index (Phi) is 5.36.